The molecule has 3 N–H and O–H groups in total. The van der Waals surface area contributed by atoms with Gasteiger partial charge in [-0.25, -0.2) is 0 Å². The van der Waals surface area contributed by atoms with E-state index in [4.69, 9.17) is 5.73 Å². The van der Waals surface area contributed by atoms with Crippen LogP contribution < -0.4 is 11.1 Å². The maximum absolute atomic E-state index is 12.1. The molecular weight excluding hydrogens is 224 g/mol. The molecule has 0 saturated heterocycles. The van der Waals surface area contributed by atoms with Crippen LogP contribution in [-0.4, -0.2) is 17.0 Å². The molecule has 1 aliphatic rings. The van der Waals surface area contributed by atoms with E-state index in [0.29, 0.717) is 6.42 Å². The van der Waals surface area contributed by atoms with E-state index >= 15 is 0 Å². The topological polar surface area (TPSA) is 55.1 Å². The number of hydrogen-bond donors (Lipinski definition) is 2. The molecule has 0 radical (unpaired) electrons. The van der Waals surface area contributed by atoms with E-state index in [-0.39, 0.29) is 22.4 Å². The minimum atomic E-state index is -0.248. The molecule has 18 heavy (non-hydrogen) atoms. The molecule has 0 unspecified atom stereocenters. The normalized spacial score (nSPS) is 19.9. The molecule has 0 bridgehead atoms. The number of nitrogens with two attached hydrogens (primary N) is 1. The molecule has 106 valence electrons. The Morgan fingerprint density at radius 3 is 2.11 bits per heavy atom. The number of rotatable bonds is 4. The Morgan fingerprint density at radius 1 is 1.17 bits per heavy atom. The van der Waals surface area contributed by atoms with Crippen LogP contribution >= 0.6 is 0 Å². The average molecular weight is 254 g/mol. The molecule has 0 heterocycles. The van der Waals surface area contributed by atoms with E-state index in [1.165, 1.54) is 0 Å². The third-order valence-electron chi connectivity index (χ3n) is 3.56. The van der Waals surface area contributed by atoms with E-state index in [9.17, 15) is 4.79 Å². The van der Waals surface area contributed by atoms with Crippen LogP contribution in [0.25, 0.3) is 0 Å². The van der Waals surface area contributed by atoms with Gasteiger partial charge >= 0.3 is 0 Å². The minimum Gasteiger partial charge on any atom is -0.351 e. The first-order valence-corrected chi connectivity index (χ1v) is 7.11. The summed E-state index contributed by atoms with van der Waals surface area (Å²) in [7, 11) is 0. The first-order valence-electron chi connectivity index (χ1n) is 7.11. The predicted molar refractivity (Wildman–Crippen MR) is 76.3 cm³/mol. The van der Waals surface area contributed by atoms with Crippen molar-refractivity contribution in [1.29, 1.82) is 0 Å². The fourth-order valence-electron chi connectivity index (χ4n) is 3.37. The lowest BCUT2D eigenvalue weighted by Crippen LogP contribution is -2.49. The van der Waals surface area contributed by atoms with Crippen LogP contribution in [0.1, 0.15) is 73.1 Å². The van der Waals surface area contributed by atoms with Gasteiger partial charge in [0, 0.05) is 17.5 Å². The van der Waals surface area contributed by atoms with Gasteiger partial charge in [0.15, 0.2) is 0 Å². The highest BCUT2D eigenvalue weighted by Gasteiger charge is 2.34. The zero-order valence-corrected chi connectivity index (χ0v) is 12.7. The molecule has 0 aromatic rings. The van der Waals surface area contributed by atoms with Crippen molar-refractivity contribution in [2.45, 2.75) is 84.2 Å². The lowest BCUT2D eigenvalue weighted by atomic mass is 9.81. The highest BCUT2D eigenvalue weighted by Crippen LogP contribution is 2.31. The Balaban J connectivity index is 2.48. The van der Waals surface area contributed by atoms with Crippen molar-refractivity contribution >= 4 is 5.91 Å². The van der Waals surface area contributed by atoms with E-state index < -0.39 is 0 Å². The van der Waals surface area contributed by atoms with E-state index in [1.54, 1.807) is 0 Å². The van der Waals surface area contributed by atoms with E-state index in [0.717, 1.165) is 32.1 Å². The number of hydrogen-bond acceptors (Lipinski definition) is 2. The highest BCUT2D eigenvalue weighted by atomic mass is 16.1. The highest BCUT2D eigenvalue weighted by molar-refractivity contribution is 5.78. The number of carbonyl (C=O) groups is 1. The zero-order chi connectivity index (χ0) is 14.0. The van der Waals surface area contributed by atoms with Crippen molar-refractivity contribution in [2.75, 3.05) is 0 Å². The molecule has 1 rings (SSSR count). The Kier molecular flexibility index (Phi) is 4.47. The molecule has 0 aromatic carbocycles. The van der Waals surface area contributed by atoms with Crippen molar-refractivity contribution in [3.8, 4) is 0 Å². The molecule has 0 spiro atoms. The summed E-state index contributed by atoms with van der Waals surface area (Å²) in [5.74, 6) is 0.105. The molecule has 0 atom stereocenters. The smallest absolute Gasteiger partial charge is 0.222 e. The summed E-state index contributed by atoms with van der Waals surface area (Å²) in [5.41, 5.74) is 6.05. The van der Waals surface area contributed by atoms with E-state index in [1.807, 2.05) is 0 Å². The van der Waals surface area contributed by atoms with Crippen LogP contribution in [0.5, 0.6) is 0 Å². The van der Waals surface area contributed by atoms with Gasteiger partial charge in [-0.05, 0) is 38.5 Å². The summed E-state index contributed by atoms with van der Waals surface area (Å²) in [5, 5.41) is 3.15. The summed E-state index contributed by atoms with van der Waals surface area (Å²) >= 11 is 0. The predicted octanol–water partition coefficient (Wildman–Crippen LogP) is 2.98. The van der Waals surface area contributed by atoms with Crippen molar-refractivity contribution in [3.05, 3.63) is 0 Å². The van der Waals surface area contributed by atoms with Crippen molar-refractivity contribution in [2.24, 2.45) is 11.1 Å². The summed E-state index contributed by atoms with van der Waals surface area (Å²) in [6.45, 7) is 10.8. The molecule has 0 aliphatic heterocycles. The second-order valence-electron chi connectivity index (χ2n) is 7.92. The monoisotopic (exact) mass is 254 g/mol. The van der Waals surface area contributed by atoms with Crippen LogP contribution in [-0.2, 0) is 4.79 Å². The fraction of sp³-hybridized carbons (Fsp3) is 0.933. The number of carbonyl (C=O) groups excluding carboxylic acids is 1. The quantitative estimate of drug-likeness (QED) is 0.810. The fourth-order valence-corrected chi connectivity index (χ4v) is 3.37. The second kappa shape index (κ2) is 5.20. The first kappa shape index (κ1) is 15.5. The second-order valence-corrected chi connectivity index (χ2v) is 7.92. The average Bonchev–Trinajstić information content (AvgIpc) is 2.44. The summed E-state index contributed by atoms with van der Waals surface area (Å²) < 4.78 is 0. The molecule has 1 fully saturated rings. The third kappa shape index (κ3) is 5.38. The summed E-state index contributed by atoms with van der Waals surface area (Å²) in [6.07, 6.45) is 5.73. The summed E-state index contributed by atoms with van der Waals surface area (Å²) in [6, 6.07) is 0. The Labute approximate surface area is 112 Å². The Hall–Kier alpha value is -0.570. The number of nitrogens with one attached hydrogen (secondary N) is 1. The largest absolute Gasteiger partial charge is 0.351 e. The van der Waals surface area contributed by atoms with Crippen molar-refractivity contribution < 1.29 is 4.79 Å². The van der Waals surface area contributed by atoms with Gasteiger partial charge in [0.25, 0.3) is 0 Å². The Bertz CT molecular complexity index is 296. The SMILES string of the molecule is CC(C)(C)CC(C)(C)NC(=O)CC1(N)CCCC1. The molecule has 3 heteroatoms. The maximum Gasteiger partial charge on any atom is 0.222 e. The van der Waals surface area contributed by atoms with Crippen LogP contribution in [0.4, 0.5) is 0 Å². The van der Waals surface area contributed by atoms with Crippen LogP contribution in [0, 0.1) is 5.41 Å². The van der Waals surface area contributed by atoms with Gasteiger partial charge in [-0.3, -0.25) is 4.79 Å². The molecule has 0 aromatic heterocycles. The minimum absolute atomic E-state index is 0.105. The standard InChI is InChI=1S/C15H30N2O/c1-13(2,3)11-14(4,5)17-12(18)10-15(16)8-6-7-9-15/h6-11,16H2,1-5H3,(H,17,18). The molecule has 1 aliphatic carbocycles. The van der Waals surface area contributed by atoms with Gasteiger partial charge in [0.1, 0.15) is 0 Å². The number of amides is 1. The van der Waals surface area contributed by atoms with Gasteiger partial charge in [-0.15, -0.1) is 0 Å². The van der Waals surface area contributed by atoms with E-state index in [2.05, 4.69) is 39.9 Å². The van der Waals surface area contributed by atoms with Crippen molar-refractivity contribution in [3.63, 3.8) is 0 Å². The van der Waals surface area contributed by atoms with Crippen LogP contribution in [0.15, 0.2) is 0 Å². The molecule has 1 saturated carbocycles. The lowest BCUT2D eigenvalue weighted by Gasteiger charge is -2.34. The van der Waals surface area contributed by atoms with Crippen LogP contribution in [0.2, 0.25) is 0 Å². The maximum atomic E-state index is 12.1. The molecule has 1 amide bonds. The zero-order valence-electron chi connectivity index (χ0n) is 12.7. The van der Waals surface area contributed by atoms with Gasteiger partial charge in [0.05, 0.1) is 0 Å². The molecule has 3 nitrogen and oxygen atoms in total. The van der Waals surface area contributed by atoms with Gasteiger partial charge in [-0.2, -0.15) is 0 Å². The van der Waals surface area contributed by atoms with Gasteiger partial charge in [0.2, 0.25) is 5.91 Å². The third-order valence-corrected chi connectivity index (χ3v) is 3.56. The van der Waals surface area contributed by atoms with Gasteiger partial charge in [-0.1, -0.05) is 33.6 Å². The first-order chi connectivity index (χ1) is 8.02. The van der Waals surface area contributed by atoms with Crippen LogP contribution in [0.3, 0.4) is 0 Å². The molecular formula is C15H30N2O. The lowest BCUT2D eigenvalue weighted by molar-refractivity contribution is -0.124. The van der Waals surface area contributed by atoms with Crippen molar-refractivity contribution in [1.82, 2.24) is 5.32 Å². The Morgan fingerprint density at radius 2 is 1.67 bits per heavy atom. The summed E-state index contributed by atoms with van der Waals surface area (Å²) in [4.78, 5) is 12.1. The van der Waals surface area contributed by atoms with Gasteiger partial charge < -0.3 is 11.1 Å².